The minimum absolute atomic E-state index is 0.0236. The lowest BCUT2D eigenvalue weighted by molar-refractivity contribution is -0.141. The van der Waals surface area contributed by atoms with Gasteiger partial charge in [0.25, 0.3) is 0 Å². The molecule has 0 bridgehead atoms. The Morgan fingerprint density at radius 2 is 2.00 bits per heavy atom. The molecule has 0 amide bonds. The molecule has 0 unspecified atom stereocenters. The van der Waals surface area contributed by atoms with Crippen molar-refractivity contribution in [1.29, 1.82) is 0 Å². The van der Waals surface area contributed by atoms with E-state index >= 15 is 0 Å². The molecule has 98 valence electrons. The number of nitrogen functional groups attached to an aromatic ring is 1. The van der Waals surface area contributed by atoms with Gasteiger partial charge in [0.1, 0.15) is 0 Å². The number of aromatic nitrogens is 1. The molecule has 0 radical (unpaired) electrons. The van der Waals surface area contributed by atoms with Gasteiger partial charge in [0.2, 0.25) is 0 Å². The van der Waals surface area contributed by atoms with Crippen LogP contribution in [0.3, 0.4) is 0 Å². The Balaban J connectivity index is 1.82. The number of nitrogens with two attached hydrogens (primary N) is 1. The van der Waals surface area contributed by atoms with Crippen LogP contribution in [0.5, 0.6) is 0 Å². The average molecular weight is 276 g/mol. The first-order valence-electron chi connectivity index (χ1n) is 5.59. The third-order valence-electron chi connectivity index (χ3n) is 2.35. The maximum atomic E-state index is 11.7. The maximum absolute atomic E-state index is 11.7. The van der Waals surface area contributed by atoms with Gasteiger partial charge >= 0.3 is 5.97 Å². The van der Waals surface area contributed by atoms with Crippen LogP contribution in [-0.2, 0) is 16.0 Å². The van der Waals surface area contributed by atoms with Crippen LogP contribution < -0.4 is 5.73 Å². The first-order chi connectivity index (χ1) is 9.15. The van der Waals surface area contributed by atoms with Crippen molar-refractivity contribution in [2.45, 2.75) is 6.42 Å². The van der Waals surface area contributed by atoms with E-state index in [1.165, 1.54) is 11.3 Å². The Bertz CT molecular complexity index is 581. The molecule has 2 N–H and O–H groups in total. The number of benzene rings is 1. The van der Waals surface area contributed by atoms with Gasteiger partial charge in [-0.1, -0.05) is 30.3 Å². The van der Waals surface area contributed by atoms with E-state index in [4.69, 9.17) is 10.5 Å². The molecule has 0 saturated heterocycles. The van der Waals surface area contributed by atoms with Gasteiger partial charge < -0.3 is 10.5 Å². The lowest BCUT2D eigenvalue weighted by Gasteiger charge is -2.03. The monoisotopic (exact) mass is 276 g/mol. The largest absolute Gasteiger partial charge is 0.457 e. The summed E-state index contributed by atoms with van der Waals surface area (Å²) in [7, 11) is 0. The lowest BCUT2D eigenvalue weighted by Crippen LogP contribution is -2.15. The summed E-state index contributed by atoms with van der Waals surface area (Å²) in [5.74, 6) is -0.721. The van der Waals surface area contributed by atoms with E-state index in [9.17, 15) is 9.59 Å². The molecule has 1 heterocycles. The number of nitrogens with zero attached hydrogens (tertiary/aromatic N) is 1. The number of thiazole rings is 1. The highest BCUT2D eigenvalue weighted by molar-refractivity contribution is 7.13. The van der Waals surface area contributed by atoms with Crippen LogP contribution in [0.4, 0.5) is 5.13 Å². The Labute approximate surface area is 114 Å². The fraction of sp³-hybridized carbons (Fsp3) is 0.154. The van der Waals surface area contributed by atoms with Crippen LogP contribution in [-0.4, -0.2) is 23.3 Å². The van der Waals surface area contributed by atoms with Gasteiger partial charge in [-0.2, -0.15) is 0 Å². The van der Waals surface area contributed by atoms with Crippen LogP contribution in [0.15, 0.2) is 35.7 Å². The van der Waals surface area contributed by atoms with E-state index in [0.717, 1.165) is 0 Å². The summed E-state index contributed by atoms with van der Waals surface area (Å²) in [5.41, 5.74) is 6.53. The van der Waals surface area contributed by atoms with Gasteiger partial charge in [-0.3, -0.25) is 9.59 Å². The number of ether oxygens (including phenoxy) is 1. The molecule has 0 atom stereocenters. The van der Waals surface area contributed by atoms with Gasteiger partial charge in [-0.15, -0.1) is 11.3 Å². The summed E-state index contributed by atoms with van der Waals surface area (Å²) in [6.45, 7) is -0.261. The average Bonchev–Trinajstić information content (AvgIpc) is 2.82. The third kappa shape index (κ3) is 3.89. The summed E-state index contributed by atoms with van der Waals surface area (Å²) in [5, 5.41) is 2.10. The van der Waals surface area contributed by atoms with Gasteiger partial charge in [0.05, 0.1) is 12.1 Å². The van der Waals surface area contributed by atoms with E-state index in [0.29, 0.717) is 16.4 Å². The Morgan fingerprint density at radius 3 is 2.63 bits per heavy atom. The number of hydrogen-bond acceptors (Lipinski definition) is 6. The number of ketones is 1. The summed E-state index contributed by atoms with van der Waals surface area (Å²) in [6.07, 6.45) is 0.0236. The minimum Gasteiger partial charge on any atom is -0.457 e. The second-order valence-corrected chi connectivity index (χ2v) is 4.69. The van der Waals surface area contributed by atoms with Crippen LogP contribution in [0, 0.1) is 0 Å². The highest BCUT2D eigenvalue weighted by atomic mass is 32.1. The van der Waals surface area contributed by atoms with Crippen molar-refractivity contribution in [2.24, 2.45) is 0 Å². The smallest absolute Gasteiger partial charge is 0.312 e. The van der Waals surface area contributed by atoms with Crippen LogP contribution in [0.2, 0.25) is 0 Å². The molecule has 2 rings (SSSR count). The van der Waals surface area contributed by atoms with Gasteiger partial charge in [0.15, 0.2) is 17.5 Å². The fourth-order valence-electron chi connectivity index (χ4n) is 1.46. The van der Waals surface area contributed by atoms with Crippen molar-refractivity contribution < 1.29 is 14.3 Å². The number of Topliss-reactive ketones (excluding diaryl/α,β-unsaturated/α-hetero) is 1. The van der Waals surface area contributed by atoms with E-state index in [2.05, 4.69) is 4.98 Å². The predicted molar refractivity (Wildman–Crippen MR) is 72.0 cm³/mol. The first kappa shape index (κ1) is 13.2. The van der Waals surface area contributed by atoms with Crippen molar-refractivity contribution in [3.8, 4) is 0 Å². The number of carbonyl (C=O) groups is 2. The quantitative estimate of drug-likeness (QED) is 0.664. The second-order valence-electron chi connectivity index (χ2n) is 3.80. The van der Waals surface area contributed by atoms with Gasteiger partial charge in [0, 0.05) is 10.9 Å². The number of carbonyl (C=O) groups excluding carboxylic acids is 2. The molecule has 0 aliphatic carbocycles. The fourth-order valence-corrected chi connectivity index (χ4v) is 2.02. The SMILES string of the molecule is Nc1nc(CC(=O)OCC(=O)c2ccccc2)cs1. The molecular weight excluding hydrogens is 264 g/mol. The summed E-state index contributed by atoms with van der Waals surface area (Å²) in [4.78, 5) is 27.1. The molecule has 0 aliphatic heterocycles. The zero-order valence-corrected chi connectivity index (χ0v) is 10.9. The summed E-state index contributed by atoms with van der Waals surface area (Å²) in [6, 6.07) is 8.68. The molecule has 19 heavy (non-hydrogen) atoms. The number of esters is 1. The highest BCUT2D eigenvalue weighted by Gasteiger charge is 2.11. The Kier molecular flexibility index (Phi) is 4.25. The topological polar surface area (TPSA) is 82.3 Å². The normalized spacial score (nSPS) is 10.1. The number of rotatable bonds is 5. The minimum atomic E-state index is -0.491. The Hall–Kier alpha value is -2.21. The Morgan fingerprint density at radius 1 is 1.26 bits per heavy atom. The lowest BCUT2D eigenvalue weighted by atomic mass is 10.1. The summed E-state index contributed by atoms with van der Waals surface area (Å²) >= 11 is 1.26. The standard InChI is InChI=1S/C13H12N2O3S/c14-13-15-10(8-19-13)6-12(17)18-7-11(16)9-4-2-1-3-5-9/h1-5,8H,6-7H2,(H2,14,15). The third-order valence-corrected chi connectivity index (χ3v) is 3.08. The van der Waals surface area contributed by atoms with E-state index in [1.807, 2.05) is 6.07 Å². The van der Waals surface area contributed by atoms with Gasteiger partial charge in [-0.25, -0.2) is 4.98 Å². The highest BCUT2D eigenvalue weighted by Crippen LogP contribution is 2.11. The zero-order valence-electron chi connectivity index (χ0n) is 10.0. The van der Waals surface area contributed by atoms with Crippen LogP contribution in [0.25, 0.3) is 0 Å². The summed E-state index contributed by atoms with van der Waals surface area (Å²) < 4.78 is 4.91. The van der Waals surface area contributed by atoms with Crippen molar-refractivity contribution >= 4 is 28.2 Å². The molecular formula is C13H12N2O3S. The van der Waals surface area contributed by atoms with Crippen molar-refractivity contribution in [3.05, 3.63) is 47.0 Å². The molecule has 1 aromatic heterocycles. The molecule has 1 aromatic carbocycles. The molecule has 5 nitrogen and oxygen atoms in total. The molecule has 0 saturated carbocycles. The zero-order chi connectivity index (χ0) is 13.7. The predicted octanol–water partition coefficient (Wildman–Crippen LogP) is 1.69. The van der Waals surface area contributed by atoms with E-state index < -0.39 is 5.97 Å². The number of anilines is 1. The van der Waals surface area contributed by atoms with E-state index in [1.54, 1.807) is 29.6 Å². The van der Waals surface area contributed by atoms with Crippen molar-refractivity contribution in [3.63, 3.8) is 0 Å². The van der Waals surface area contributed by atoms with E-state index in [-0.39, 0.29) is 18.8 Å². The van der Waals surface area contributed by atoms with Crippen molar-refractivity contribution in [1.82, 2.24) is 4.98 Å². The maximum Gasteiger partial charge on any atom is 0.312 e. The van der Waals surface area contributed by atoms with Crippen LogP contribution >= 0.6 is 11.3 Å². The molecule has 6 heteroatoms. The van der Waals surface area contributed by atoms with Gasteiger partial charge in [-0.05, 0) is 0 Å². The first-order valence-corrected chi connectivity index (χ1v) is 6.47. The molecule has 0 aliphatic rings. The molecule has 2 aromatic rings. The van der Waals surface area contributed by atoms with Crippen LogP contribution in [0.1, 0.15) is 16.1 Å². The molecule has 0 fully saturated rings. The molecule has 0 spiro atoms. The number of hydrogen-bond donors (Lipinski definition) is 1. The van der Waals surface area contributed by atoms with Crippen molar-refractivity contribution in [2.75, 3.05) is 12.3 Å². The second kappa shape index (κ2) is 6.10.